The Morgan fingerprint density at radius 3 is 2.63 bits per heavy atom. The van der Waals surface area contributed by atoms with Crippen molar-refractivity contribution < 1.29 is 19.4 Å². The second-order valence-corrected chi connectivity index (χ2v) is 4.79. The van der Waals surface area contributed by atoms with Crippen molar-refractivity contribution in [3.8, 4) is 18.1 Å². The molecule has 0 aromatic carbocycles. The Balaban J connectivity index is 2.93. The van der Waals surface area contributed by atoms with E-state index in [-0.39, 0.29) is 10.6 Å². The zero-order valence-electron chi connectivity index (χ0n) is 10.7. The van der Waals surface area contributed by atoms with Gasteiger partial charge in [0.15, 0.2) is 5.75 Å². The van der Waals surface area contributed by atoms with Crippen LogP contribution < -0.4 is 10.1 Å². The zero-order chi connectivity index (χ0) is 14.5. The minimum atomic E-state index is -1.46. The fourth-order valence-corrected chi connectivity index (χ4v) is 2.29. The van der Waals surface area contributed by atoms with E-state index in [9.17, 15) is 9.59 Å². The molecule has 1 amide bonds. The summed E-state index contributed by atoms with van der Waals surface area (Å²) in [4.78, 5) is 22.8. The van der Waals surface area contributed by atoms with Crippen molar-refractivity contribution in [1.82, 2.24) is 5.32 Å². The third kappa shape index (κ3) is 3.48. The van der Waals surface area contributed by atoms with E-state index in [0.29, 0.717) is 12.8 Å². The third-order valence-corrected chi connectivity index (χ3v) is 3.76. The monoisotopic (exact) mass is 281 g/mol. The molecule has 1 rings (SSSR count). The summed E-state index contributed by atoms with van der Waals surface area (Å²) in [5.74, 6) is 2.18. The van der Waals surface area contributed by atoms with E-state index in [2.05, 4.69) is 16.0 Å². The molecule has 0 radical (unpaired) electrons. The van der Waals surface area contributed by atoms with Crippen molar-refractivity contribution in [1.29, 1.82) is 0 Å². The molecule has 19 heavy (non-hydrogen) atoms. The molecule has 6 heteroatoms. The normalized spacial score (nSPS) is 10.6. The van der Waals surface area contributed by atoms with Gasteiger partial charge in [-0.15, -0.1) is 17.8 Å². The molecule has 2 N–H and O–H groups in total. The molecular formula is C13H15NO4S. The molecule has 1 aromatic rings. The minimum absolute atomic E-state index is 0.0214. The molecule has 0 bridgehead atoms. The van der Waals surface area contributed by atoms with E-state index in [1.807, 2.05) is 13.8 Å². The number of carboxylic acid groups (broad SMARTS) is 1. The zero-order valence-corrected chi connectivity index (χ0v) is 11.5. The van der Waals surface area contributed by atoms with Gasteiger partial charge in [-0.2, -0.15) is 0 Å². The van der Waals surface area contributed by atoms with Gasteiger partial charge in [0, 0.05) is 0 Å². The van der Waals surface area contributed by atoms with Crippen molar-refractivity contribution in [3.05, 3.63) is 16.3 Å². The van der Waals surface area contributed by atoms with Crippen molar-refractivity contribution in [2.24, 2.45) is 0 Å². The highest BCUT2D eigenvalue weighted by atomic mass is 32.1. The van der Waals surface area contributed by atoms with Gasteiger partial charge in [-0.05, 0) is 24.3 Å². The Morgan fingerprint density at radius 2 is 2.16 bits per heavy atom. The Hall–Kier alpha value is -2.00. The van der Waals surface area contributed by atoms with Crippen LogP contribution >= 0.6 is 11.3 Å². The van der Waals surface area contributed by atoms with Crippen molar-refractivity contribution >= 4 is 23.4 Å². The van der Waals surface area contributed by atoms with Crippen LogP contribution in [-0.4, -0.2) is 22.7 Å². The fraction of sp³-hybridized carbons (Fsp3) is 0.385. The van der Waals surface area contributed by atoms with Gasteiger partial charge in [-0.1, -0.05) is 19.8 Å². The van der Waals surface area contributed by atoms with E-state index < -0.39 is 17.6 Å². The highest BCUT2D eigenvalue weighted by molar-refractivity contribution is 7.12. The Labute approximate surface area is 115 Å². The standard InChI is InChI=1S/C13H15NO4S/c1-4-13(5-2,6-3)14-11(15)10-9(7-8-19-10)18-12(16)17/h1,7-8H,5-6H2,2-3H3,(H,14,15)(H,16,17). The van der Waals surface area contributed by atoms with E-state index >= 15 is 0 Å². The van der Waals surface area contributed by atoms with Gasteiger partial charge in [0.25, 0.3) is 5.91 Å². The summed E-state index contributed by atoms with van der Waals surface area (Å²) in [5.41, 5.74) is -0.721. The predicted octanol–water partition coefficient (Wildman–Crippen LogP) is 2.73. The van der Waals surface area contributed by atoms with Crippen LogP contribution in [0.3, 0.4) is 0 Å². The molecule has 0 aliphatic heterocycles. The summed E-state index contributed by atoms with van der Waals surface area (Å²) in [6, 6.07) is 1.43. The lowest BCUT2D eigenvalue weighted by Crippen LogP contribution is -2.46. The first-order chi connectivity index (χ1) is 8.98. The minimum Gasteiger partial charge on any atom is -0.449 e. The van der Waals surface area contributed by atoms with Crippen LogP contribution in [0.2, 0.25) is 0 Å². The molecular weight excluding hydrogens is 266 g/mol. The molecule has 0 saturated heterocycles. The summed E-state index contributed by atoms with van der Waals surface area (Å²) < 4.78 is 4.54. The van der Waals surface area contributed by atoms with E-state index in [4.69, 9.17) is 11.5 Å². The van der Waals surface area contributed by atoms with Gasteiger partial charge in [0.1, 0.15) is 10.4 Å². The number of nitrogens with one attached hydrogen (secondary N) is 1. The second-order valence-electron chi connectivity index (χ2n) is 3.87. The van der Waals surface area contributed by atoms with Crippen LogP contribution in [0.5, 0.6) is 5.75 Å². The average Bonchev–Trinajstić information content (AvgIpc) is 2.83. The third-order valence-electron chi connectivity index (χ3n) is 2.87. The Morgan fingerprint density at radius 1 is 1.53 bits per heavy atom. The van der Waals surface area contributed by atoms with Gasteiger partial charge in [-0.3, -0.25) is 4.79 Å². The number of rotatable bonds is 5. The van der Waals surface area contributed by atoms with Crippen LogP contribution in [0.4, 0.5) is 4.79 Å². The predicted molar refractivity (Wildman–Crippen MR) is 72.6 cm³/mol. The molecule has 0 aliphatic rings. The lowest BCUT2D eigenvalue weighted by molar-refractivity contribution is 0.0917. The molecule has 1 aromatic heterocycles. The van der Waals surface area contributed by atoms with Gasteiger partial charge < -0.3 is 15.2 Å². The Kier molecular flexibility index (Phi) is 4.95. The van der Waals surface area contributed by atoms with E-state index in [1.165, 1.54) is 6.07 Å². The van der Waals surface area contributed by atoms with Gasteiger partial charge in [-0.25, -0.2) is 4.79 Å². The van der Waals surface area contributed by atoms with E-state index in [0.717, 1.165) is 11.3 Å². The smallest absolute Gasteiger partial charge is 0.449 e. The molecule has 0 atom stereocenters. The van der Waals surface area contributed by atoms with Gasteiger partial charge in [0.2, 0.25) is 0 Å². The topological polar surface area (TPSA) is 75.6 Å². The molecule has 0 saturated carbocycles. The number of carbonyl (C=O) groups excluding carboxylic acids is 1. The SMILES string of the molecule is C#CC(CC)(CC)NC(=O)c1sccc1OC(=O)O. The highest BCUT2D eigenvalue weighted by Crippen LogP contribution is 2.26. The van der Waals surface area contributed by atoms with Crippen LogP contribution in [0.25, 0.3) is 0 Å². The summed E-state index contributed by atoms with van der Waals surface area (Å²) in [5, 5.41) is 12.9. The number of hydrogen-bond donors (Lipinski definition) is 2. The summed E-state index contributed by atoms with van der Waals surface area (Å²) >= 11 is 1.10. The molecule has 1 heterocycles. The van der Waals surface area contributed by atoms with Crippen molar-refractivity contribution in [2.75, 3.05) is 0 Å². The maximum atomic E-state index is 12.1. The van der Waals surface area contributed by atoms with Crippen molar-refractivity contribution in [2.45, 2.75) is 32.2 Å². The van der Waals surface area contributed by atoms with Gasteiger partial charge in [0.05, 0.1) is 0 Å². The number of terminal acetylenes is 1. The molecule has 0 unspecified atom stereocenters. The molecule has 0 aliphatic carbocycles. The van der Waals surface area contributed by atoms with Crippen LogP contribution in [0.1, 0.15) is 36.4 Å². The summed E-state index contributed by atoms with van der Waals surface area (Å²) in [7, 11) is 0. The van der Waals surface area contributed by atoms with Crippen LogP contribution in [-0.2, 0) is 0 Å². The van der Waals surface area contributed by atoms with E-state index in [1.54, 1.807) is 5.38 Å². The first-order valence-electron chi connectivity index (χ1n) is 5.76. The Bertz CT molecular complexity index is 511. The number of ether oxygens (including phenoxy) is 1. The number of hydrogen-bond acceptors (Lipinski definition) is 4. The maximum absolute atomic E-state index is 12.1. The lowest BCUT2D eigenvalue weighted by atomic mass is 9.94. The maximum Gasteiger partial charge on any atom is 0.511 e. The quantitative estimate of drug-likeness (QED) is 0.642. The number of carbonyl (C=O) groups is 2. The molecule has 0 spiro atoms. The average molecular weight is 281 g/mol. The fourth-order valence-electron chi connectivity index (χ4n) is 1.58. The molecule has 102 valence electrons. The molecule has 5 nitrogen and oxygen atoms in total. The lowest BCUT2D eigenvalue weighted by Gasteiger charge is -2.26. The van der Waals surface area contributed by atoms with Gasteiger partial charge >= 0.3 is 6.16 Å². The largest absolute Gasteiger partial charge is 0.511 e. The second kappa shape index (κ2) is 6.25. The number of amides is 1. The highest BCUT2D eigenvalue weighted by Gasteiger charge is 2.28. The summed E-state index contributed by atoms with van der Waals surface area (Å²) in [6.07, 6.45) is 5.18. The van der Waals surface area contributed by atoms with Crippen LogP contribution in [0.15, 0.2) is 11.4 Å². The summed E-state index contributed by atoms with van der Waals surface area (Å²) in [6.45, 7) is 3.76. The first-order valence-corrected chi connectivity index (χ1v) is 6.64. The number of thiophene rings is 1. The first kappa shape index (κ1) is 15.1. The van der Waals surface area contributed by atoms with Crippen LogP contribution in [0, 0.1) is 12.3 Å². The van der Waals surface area contributed by atoms with Crippen molar-refractivity contribution in [3.63, 3.8) is 0 Å². The molecule has 0 fully saturated rings.